The van der Waals surface area contributed by atoms with E-state index in [1.165, 1.54) is 7.11 Å². The van der Waals surface area contributed by atoms with E-state index in [0.29, 0.717) is 6.42 Å². The standard InChI is InChI=1S/C20H26N2O5/c1-12(2)8-13(10-18(23)27-3)19(24)22-17(20(25)26)9-14-11-21-16-7-5-4-6-15(14)16/h4-7,11-13,17,21H,8-10H2,1-3H3,(H,22,24)(H,25,26)/t13?,17-/m0/s1. The normalized spacial score (nSPS) is 13.3. The summed E-state index contributed by atoms with van der Waals surface area (Å²) in [5.74, 6) is -2.49. The van der Waals surface area contributed by atoms with E-state index in [4.69, 9.17) is 0 Å². The maximum absolute atomic E-state index is 12.6. The Bertz CT molecular complexity index is 812. The second-order valence-corrected chi connectivity index (χ2v) is 7.07. The van der Waals surface area contributed by atoms with Crippen LogP contribution in [0.25, 0.3) is 10.9 Å². The van der Waals surface area contributed by atoms with Crippen LogP contribution in [0.3, 0.4) is 0 Å². The number of benzene rings is 1. The lowest BCUT2D eigenvalue weighted by Gasteiger charge is -2.21. The van der Waals surface area contributed by atoms with Crippen molar-refractivity contribution in [3.63, 3.8) is 0 Å². The van der Waals surface area contributed by atoms with Crippen molar-refractivity contribution in [2.75, 3.05) is 7.11 Å². The van der Waals surface area contributed by atoms with Gasteiger partial charge in [0.2, 0.25) is 5.91 Å². The summed E-state index contributed by atoms with van der Waals surface area (Å²) in [5.41, 5.74) is 1.72. The highest BCUT2D eigenvalue weighted by atomic mass is 16.5. The molecule has 1 aromatic heterocycles. The topological polar surface area (TPSA) is 108 Å². The number of hydrogen-bond acceptors (Lipinski definition) is 4. The number of fused-ring (bicyclic) bond motifs is 1. The molecule has 7 nitrogen and oxygen atoms in total. The molecule has 0 saturated heterocycles. The van der Waals surface area contributed by atoms with Gasteiger partial charge in [-0.05, 0) is 24.0 Å². The molecule has 7 heteroatoms. The highest BCUT2D eigenvalue weighted by Gasteiger charge is 2.28. The fourth-order valence-corrected chi connectivity index (χ4v) is 3.15. The molecule has 0 aliphatic rings. The Kier molecular flexibility index (Phi) is 6.98. The van der Waals surface area contributed by atoms with Crippen molar-refractivity contribution in [3.8, 4) is 0 Å². The second-order valence-electron chi connectivity index (χ2n) is 7.07. The molecule has 2 atom stereocenters. The number of carbonyl (C=O) groups is 3. The smallest absolute Gasteiger partial charge is 0.326 e. The first-order valence-corrected chi connectivity index (χ1v) is 8.96. The largest absolute Gasteiger partial charge is 0.480 e. The number of hydrogen-bond donors (Lipinski definition) is 3. The van der Waals surface area contributed by atoms with E-state index in [9.17, 15) is 19.5 Å². The molecule has 1 unspecified atom stereocenters. The molecule has 0 fully saturated rings. The third-order valence-electron chi connectivity index (χ3n) is 4.48. The number of esters is 1. The summed E-state index contributed by atoms with van der Waals surface area (Å²) in [4.78, 5) is 39.1. The van der Waals surface area contributed by atoms with E-state index in [0.717, 1.165) is 16.5 Å². The quantitative estimate of drug-likeness (QED) is 0.585. The second kappa shape index (κ2) is 9.21. The number of carbonyl (C=O) groups excluding carboxylic acids is 2. The zero-order chi connectivity index (χ0) is 20.0. The number of para-hydroxylation sites is 1. The number of carboxylic acids is 1. The first-order valence-electron chi connectivity index (χ1n) is 8.96. The molecule has 0 radical (unpaired) electrons. The van der Waals surface area contributed by atoms with Crippen LogP contribution in [0, 0.1) is 11.8 Å². The van der Waals surface area contributed by atoms with Crippen molar-refractivity contribution in [1.29, 1.82) is 0 Å². The van der Waals surface area contributed by atoms with Gasteiger partial charge < -0.3 is 20.1 Å². The minimum Gasteiger partial charge on any atom is -0.480 e. The molecule has 0 bridgehead atoms. The summed E-state index contributed by atoms with van der Waals surface area (Å²) in [6.45, 7) is 3.89. The molecule has 0 saturated carbocycles. The molecule has 0 spiro atoms. The van der Waals surface area contributed by atoms with Crippen LogP contribution in [0.4, 0.5) is 0 Å². The van der Waals surface area contributed by atoms with E-state index in [-0.39, 0.29) is 18.8 Å². The van der Waals surface area contributed by atoms with Gasteiger partial charge in [0.05, 0.1) is 13.5 Å². The number of carboxylic acid groups (broad SMARTS) is 1. The minimum atomic E-state index is -1.12. The van der Waals surface area contributed by atoms with Gasteiger partial charge in [-0.25, -0.2) is 4.79 Å². The Labute approximate surface area is 158 Å². The van der Waals surface area contributed by atoms with Gasteiger partial charge in [-0.3, -0.25) is 9.59 Å². The number of amides is 1. The number of ether oxygens (including phenoxy) is 1. The molecule has 0 aliphatic heterocycles. The highest BCUT2D eigenvalue weighted by Crippen LogP contribution is 2.20. The summed E-state index contributed by atoms with van der Waals surface area (Å²) in [5, 5.41) is 13.1. The number of aliphatic carboxylic acids is 1. The summed E-state index contributed by atoms with van der Waals surface area (Å²) in [6, 6.07) is 6.50. The van der Waals surface area contributed by atoms with Crippen molar-refractivity contribution in [2.24, 2.45) is 11.8 Å². The number of nitrogens with one attached hydrogen (secondary N) is 2. The lowest BCUT2D eigenvalue weighted by Crippen LogP contribution is -2.45. The van der Waals surface area contributed by atoms with Gasteiger partial charge in [-0.2, -0.15) is 0 Å². The van der Waals surface area contributed by atoms with Gasteiger partial charge in [0, 0.05) is 29.4 Å². The van der Waals surface area contributed by atoms with Crippen LogP contribution in [0.2, 0.25) is 0 Å². The number of aromatic amines is 1. The Balaban J connectivity index is 2.14. The van der Waals surface area contributed by atoms with Crippen LogP contribution in [-0.4, -0.2) is 41.1 Å². The molecule has 27 heavy (non-hydrogen) atoms. The van der Waals surface area contributed by atoms with Crippen molar-refractivity contribution < 1.29 is 24.2 Å². The Hall–Kier alpha value is -2.83. The minimum absolute atomic E-state index is 0.0695. The SMILES string of the molecule is COC(=O)CC(CC(C)C)C(=O)N[C@@H](Cc1c[nH]c2ccccc12)C(=O)O. The maximum atomic E-state index is 12.6. The number of rotatable bonds is 9. The number of H-pyrrole nitrogens is 1. The number of methoxy groups -OCH3 is 1. The van der Waals surface area contributed by atoms with E-state index in [1.807, 2.05) is 38.1 Å². The number of aromatic nitrogens is 1. The van der Waals surface area contributed by atoms with E-state index >= 15 is 0 Å². The van der Waals surface area contributed by atoms with E-state index in [2.05, 4.69) is 15.0 Å². The lowest BCUT2D eigenvalue weighted by molar-refractivity contribution is -0.145. The third kappa shape index (κ3) is 5.57. The molecule has 1 amide bonds. The molecule has 1 heterocycles. The highest BCUT2D eigenvalue weighted by molar-refractivity contribution is 5.89. The first kappa shape index (κ1) is 20.5. The molecular weight excluding hydrogens is 348 g/mol. The summed E-state index contributed by atoms with van der Waals surface area (Å²) < 4.78 is 4.66. The van der Waals surface area contributed by atoms with Gasteiger partial charge in [-0.15, -0.1) is 0 Å². The first-order chi connectivity index (χ1) is 12.8. The van der Waals surface area contributed by atoms with Crippen LogP contribution in [0.1, 0.15) is 32.3 Å². The third-order valence-corrected chi connectivity index (χ3v) is 4.48. The van der Waals surface area contributed by atoms with Gasteiger partial charge >= 0.3 is 11.9 Å². The van der Waals surface area contributed by atoms with Gasteiger partial charge in [0.15, 0.2) is 0 Å². The fraction of sp³-hybridized carbons (Fsp3) is 0.450. The average molecular weight is 374 g/mol. The van der Waals surface area contributed by atoms with E-state index < -0.39 is 29.8 Å². The zero-order valence-electron chi connectivity index (χ0n) is 15.8. The molecule has 2 rings (SSSR count). The Morgan fingerprint density at radius 3 is 2.56 bits per heavy atom. The van der Waals surface area contributed by atoms with Crippen LogP contribution < -0.4 is 5.32 Å². The molecular formula is C20H26N2O5. The summed E-state index contributed by atoms with van der Waals surface area (Å²) in [7, 11) is 1.27. The Morgan fingerprint density at radius 2 is 1.93 bits per heavy atom. The summed E-state index contributed by atoms with van der Waals surface area (Å²) in [6.07, 6.45) is 2.31. The van der Waals surface area contributed by atoms with Crippen LogP contribution in [0.5, 0.6) is 0 Å². The van der Waals surface area contributed by atoms with Gasteiger partial charge in [-0.1, -0.05) is 32.0 Å². The van der Waals surface area contributed by atoms with E-state index in [1.54, 1.807) is 6.20 Å². The Morgan fingerprint density at radius 1 is 1.22 bits per heavy atom. The van der Waals surface area contributed by atoms with Gasteiger partial charge in [0.1, 0.15) is 6.04 Å². The molecule has 0 aliphatic carbocycles. The predicted octanol–water partition coefficient (Wildman–Crippen LogP) is 2.51. The molecule has 146 valence electrons. The van der Waals surface area contributed by atoms with Crippen molar-refractivity contribution in [2.45, 2.75) is 39.2 Å². The molecule has 3 N–H and O–H groups in total. The summed E-state index contributed by atoms with van der Waals surface area (Å²) >= 11 is 0. The van der Waals surface area contributed by atoms with Gasteiger partial charge in [0.25, 0.3) is 0 Å². The predicted molar refractivity (Wildman–Crippen MR) is 101 cm³/mol. The van der Waals surface area contributed by atoms with Crippen LogP contribution in [0.15, 0.2) is 30.5 Å². The fourth-order valence-electron chi connectivity index (χ4n) is 3.15. The molecule has 1 aromatic carbocycles. The van der Waals surface area contributed by atoms with Crippen molar-refractivity contribution in [3.05, 3.63) is 36.0 Å². The van der Waals surface area contributed by atoms with Crippen LogP contribution >= 0.6 is 0 Å². The van der Waals surface area contributed by atoms with Crippen LogP contribution in [-0.2, 0) is 25.5 Å². The monoisotopic (exact) mass is 374 g/mol. The zero-order valence-corrected chi connectivity index (χ0v) is 15.8. The maximum Gasteiger partial charge on any atom is 0.326 e. The van der Waals surface area contributed by atoms with Crippen molar-refractivity contribution >= 4 is 28.7 Å². The van der Waals surface area contributed by atoms with Crippen molar-refractivity contribution in [1.82, 2.24) is 10.3 Å². The lowest BCUT2D eigenvalue weighted by atomic mass is 9.92. The molecule has 2 aromatic rings. The average Bonchev–Trinajstić information content (AvgIpc) is 3.03.